The highest BCUT2D eigenvalue weighted by atomic mass is 16.2. The van der Waals surface area contributed by atoms with Gasteiger partial charge in [-0.15, -0.1) is 0 Å². The second-order valence-corrected chi connectivity index (χ2v) is 6.29. The lowest BCUT2D eigenvalue weighted by atomic mass is 10.1. The fourth-order valence-corrected chi connectivity index (χ4v) is 2.81. The van der Waals surface area contributed by atoms with Crippen molar-refractivity contribution in [2.45, 2.75) is 39.2 Å². The van der Waals surface area contributed by atoms with Crippen LogP contribution in [0.5, 0.6) is 0 Å². The van der Waals surface area contributed by atoms with E-state index in [4.69, 9.17) is 5.73 Å². The summed E-state index contributed by atoms with van der Waals surface area (Å²) in [7, 11) is 0. The number of carbonyl (C=O) groups excluding carboxylic acids is 1. The summed E-state index contributed by atoms with van der Waals surface area (Å²) in [6.07, 6.45) is 5.08. The van der Waals surface area contributed by atoms with Crippen molar-refractivity contribution in [1.82, 2.24) is 14.5 Å². The molecule has 130 valence electrons. The van der Waals surface area contributed by atoms with Crippen molar-refractivity contribution in [2.75, 3.05) is 19.6 Å². The third kappa shape index (κ3) is 5.20. The molecule has 0 aliphatic rings. The smallest absolute Gasteiger partial charge is 0.224 e. The summed E-state index contributed by atoms with van der Waals surface area (Å²) in [4.78, 5) is 18.8. The molecule has 0 spiro atoms. The average molecular weight is 328 g/mol. The molecular weight excluding hydrogens is 300 g/mol. The quantitative estimate of drug-likeness (QED) is 0.769. The molecule has 1 amide bonds. The highest BCUT2D eigenvalue weighted by Crippen LogP contribution is 2.12. The third-order valence-electron chi connectivity index (χ3n) is 4.10. The highest BCUT2D eigenvalue weighted by molar-refractivity contribution is 5.76. The lowest BCUT2D eigenvalue weighted by Crippen LogP contribution is -2.37. The van der Waals surface area contributed by atoms with E-state index in [1.165, 1.54) is 5.56 Å². The van der Waals surface area contributed by atoms with E-state index in [1.54, 1.807) is 6.20 Å². The van der Waals surface area contributed by atoms with Gasteiger partial charge >= 0.3 is 0 Å². The van der Waals surface area contributed by atoms with Crippen molar-refractivity contribution < 1.29 is 4.79 Å². The van der Waals surface area contributed by atoms with Crippen LogP contribution in [-0.4, -0.2) is 40.0 Å². The fourth-order valence-electron chi connectivity index (χ4n) is 2.81. The van der Waals surface area contributed by atoms with Crippen LogP contribution in [0.4, 0.5) is 0 Å². The van der Waals surface area contributed by atoms with Crippen LogP contribution in [0, 0.1) is 0 Å². The molecule has 2 N–H and O–H groups in total. The van der Waals surface area contributed by atoms with Gasteiger partial charge in [0.2, 0.25) is 5.91 Å². The standard InChI is InChI=1S/C19H28N4O/c1-16(2)19-21-11-15-23(19)13-9-18(24)22(14-10-20)12-8-17-6-4-3-5-7-17/h3-7,11,15-16H,8-10,12-14,20H2,1-2H3. The first-order valence-corrected chi connectivity index (χ1v) is 8.64. The van der Waals surface area contributed by atoms with Crippen LogP contribution in [0.2, 0.25) is 0 Å². The van der Waals surface area contributed by atoms with E-state index in [2.05, 4.69) is 35.5 Å². The number of amides is 1. The van der Waals surface area contributed by atoms with E-state index >= 15 is 0 Å². The normalized spacial score (nSPS) is 11.0. The number of aromatic nitrogens is 2. The molecule has 5 heteroatoms. The van der Waals surface area contributed by atoms with E-state index in [9.17, 15) is 4.79 Å². The Balaban J connectivity index is 1.89. The topological polar surface area (TPSA) is 64.2 Å². The summed E-state index contributed by atoms with van der Waals surface area (Å²) in [5.41, 5.74) is 6.92. The van der Waals surface area contributed by atoms with Gasteiger partial charge in [-0.1, -0.05) is 44.2 Å². The monoisotopic (exact) mass is 328 g/mol. The van der Waals surface area contributed by atoms with Crippen molar-refractivity contribution in [3.8, 4) is 0 Å². The molecule has 24 heavy (non-hydrogen) atoms. The fraction of sp³-hybridized carbons (Fsp3) is 0.474. The molecule has 0 aliphatic carbocycles. The summed E-state index contributed by atoms with van der Waals surface area (Å²) in [5, 5.41) is 0. The first-order chi connectivity index (χ1) is 11.6. The second-order valence-electron chi connectivity index (χ2n) is 6.29. The van der Waals surface area contributed by atoms with Crippen LogP contribution in [-0.2, 0) is 17.8 Å². The number of hydrogen-bond donors (Lipinski definition) is 1. The molecular formula is C19H28N4O. The van der Waals surface area contributed by atoms with Crippen LogP contribution < -0.4 is 5.73 Å². The predicted molar refractivity (Wildman–Crippen MR) is 96.7 cm³/mol. The van der Waals surface area contributed by atoms with Gasteiger partial charge in [-0.3, -0.25) is 4.79 Å². The largest absolute Gasteiger partial charge is 0.341 e. The first-order valence-electron chi connectivity index (χ1n) is 8.64. The first kappa shape index (κ1) is 18.2. The molecule has 0 radical (unpaired) electrons. The van der Waals surface area contributed by atoms with E-state index < -0.39 is 0 Å². The van der Waals surface area contributed by atoms with Gasteiger partial charge in [0, 0.05) is 50.9 Å². The molecule has 5 nitrogen and oxygen atoms in total. The number of nitrogens with zero attached hydrogens (tertiary/aromatic N) is 3. The van der Waals surface area contributed by atoms with E-state index in [-0.39, 0.29) is 5.91 Å². The molecule has 2 aromatic rings. The maximum absolute atomic E-state index is 12.6. The average Bonchev–Trinajstić information content (AvgIpc) is 3.06. The van der Waals surface area contributed by atoms with Crippen molar-refractivity contribution in [1.29, 1.82) is 0 Å². The Bertz CT molecular complexity index is 621. The van der Waals surface area contributed by atoms with Crippen LogP contribution in [0.25, 0.3) is 0 Å². The van der Waals surface area contributed by atoms with Crippen LogP contribution in [0.3, 0.4) is 0 Å². The second kappa shape index (κ2) is 9.23. The number of aryl methyl sites for hydroxylation is 1. The minimum atomic E-state index is 0.153. The van der Waals surface area contributed by atoms with Gasteiger partial charge in [-0.25, -0.2) is 4.98 Å². The summed E-state index contributed by atoms with van der Waals surface area (Å²) < 4.78 is 2.07. The number of rotatable bonds is 9. The number of hydrogen-bond acceptors (Lipinski definition) is 3. The maximum atomic E-state index is 12.6. The Kier molecular flexibility index (Phi) is 7.00. The van der Waals surface area contributed by atoms with Crippen LogP contribution in [0.15, 0.2) is 42.7 Å². The number of benzene rings is 1. The zero-order valence-corrected chi connectivity index (χ0v) is 14.7. The Morgan fingerprint density at radius 3 is 2.67 bits per heavy atom. The Morgan fingerprint density at radius 2 is 2.00 bits per heavy atom. The Hall–Kier alpha value is -2.14. The lowest BCUT2D eigenvalue weighted by Gasteiger charge is -2.22. The van der Waals surface area contributed by atoms with Gasteiger partial charge < -0.3 is 15.2 Å². The van der Waals surface area contributed by atoms with Crippen LogP contribution >= 0.6 is 0 Å². The van der Waals surface area contributed by atoms with Gasteiger partial charge in [0.05, 0.1) is 0 Å². The van der Waals surface area contributed by atoms with Crippen molar-refractivity contribution >= 4 is 5.91 Å². The van der Waals surface area contributed by atoms with Gasteiger partial charge in [0.15, 0.2) is 0 Å². The molecule has 0 fully saturated rings. The molecule has 0 unspecified atom stereocenters. The molecule has 0 bridgehead atoms. The number of carbonyl (C=O) groups is 1. The minimum absolute atomic E-state index is 0.153. The molecule has 0 saturated heterocycles. The maximum Gasteiger partial charge on any atom is 0.224 e. The third-order valence-corrected chi connectivity index (χ3v) is 4.10. The van der Waals surface area contributed by atoms with Gasteiger partial charge in [-0.2, -0.15) is 0 Å². The van der Waals surface area contributed by atoms with Gasteiger partial charge in [0.1, 0.15) is 5.82 Å². The van der Waals surface area contributed by atoms with Crippen molar-refractivity contribution in [2.24, 2.45) is 5.73 Å². The summed E-state index contributed by atoms with van der Waals surface area (Å²) >= 11 is 0. The molecule has 2 rings (SSSR count). The summed E-state index contributed by atoms with van der Waals surface area (Å²) in [5.74, 6) is 1.53. The van der Waals surface area contributed by atoms with E-state index in [0.29, 0.717) is 38.5 Å². The van der Waals surface area contributed by atoms with E-state index in [0.717, 1.165) is 12.2 Å². The zero-order chi connectivity index (χ0) is 17.4. The molecule has 0 saturated carbocycles. The summed E-state index contributed by atoms with van der Waals surface area (Å²) in [6, 6.07) is 10.2. The van der Waals surface area contributed by atoms with Gasteiger partial charge in [-0.05, 0) is 12.0 Å². The van der Waals surface area contributed by atoms with Crippen molar-refractivity contribution in [3.63, 3.8) is 0 Å². The van der Waals surface area contributed by atoms with Gasteiger partial charge in [0.25, 0.3) is 0 Å². The molecule has 1 aromatic carbocycles. The molecule has 0 aliphatic heterocycles. The molecule has 1 heterocycles. The predicted octanol–water partition coefficient (Wildman–Crippen LogP) is 2.43. The SMILES string of the molecule is CC(C)c1nccn1CCC(=O)N(CCN)CCc1ccccc1. The van der Waals surface area contributed by atoms with E-state index in [1.807, 2.05) is 29.3 Å². The lowest BCUT2D eigenvalue weighted by molar-refractivity contribution is -0.131. The molecule has 1 aromatic heterocycles. The Morgan fingerprint density at radius 1 is 1.25 bits per heavy atom. The Labute approximate surface area is 144 Å². The summed E-state index contributed by atoms with van der Waals surface area (Å²) in [6.45, 7) is 6.69. The van der Waals surface area contributed by atoms with Crippen molar-refractivity contribution in [3.05, 3.63) is 54.1 Å². The minimum Gasteiger partial charge on any atom is -0.341 e. The number of nitrogens with two attached hydrogens (primary N) is 1. The molecule has 0 atom stereocenters. The zero-order valence-electron chi connectivity index (χ0n) is 14.7. The highest BCUT2D eigenvalue weighted by Gasteiger charge is 2.14. The van der Waals surface area contributed by atoms with Crippen LogP contribution in [0.1, 0.15) is 37.6 Å². The number of imidazole rings is 1.